The SMILES string of the molecule is Cc1ccccc1COC1CN(C(=O)C2CCCN(CC(N)=O)C2)C1. The van der Waals surface area contributed by atoms with Crippen molar-refractivity contribution in [2.24, 2.45) is 11.7 Å². The van der Waals surface area contributed by atoms with Gasteiger partial charge in [0.15, 0.2) is 0 Å². The maximum absolute atomic E-state index is 12.6. The third kappa shape index (κ3) is 4.58. The lowest BCUT2D eigenvalue weighted by Crippen LogP contribution is -2.58. The summed E-state index contributed by atoms with van der Waals surface area (Å²) in [6.45, 7) is 5.72. The van der Waals surface area contributed by atoms with Crippen LogP contribution in [0.15, 0.2) is 24.3 Å². The van der Waals surface area contributed by atoms with Crippen molar-refractivity contribution in [1.82, 2.24) is 9.80 Å². The first kappa shape index (κ1) is 17.9. The first-order chi connectivity index (χ1) is 12.0. The van der Waals surface area contributed by atoms with Crippen molar-refractivity contribution in [3.8, 4) is 0 Å². The molecule has 2 N–H and O–H groups in total. The summed E-state index contributed by atoms with van der Waals surface area (Å²) in [5.74, 6) is -0.169. The van der Waals surface area contributed by atoms with E-state index in [2.05, 4.69) is 19.1 Å². The largest absolute Gasteiger partial charge is 0.370 e. The van der Waals surface area contributed by atoms with Crippen LogP contribution in [0.2, 0.25) is 0 Å². The maximum atomic E-state index is 12.6. The molecule has 2 heterocycles. The summed E-state index contributed by atoms with van der Waals surface area (Å²) in [5, 5.41) is 0. The van der Waals surface area contributed by atoms with Crippen LogP contribution >= 0.6 is 0 Å². The van der Waals surface area contributed by atoms with Gasteiger partial charge in [-0.3, -0.25) is 14.5 Å². The van der Waals surface area contributed by atoms with Gasteiger partial charge in [0, 0.05) is 19.6 Å². The summed E-state index contributed by atoms with van der Waals surface area (Å²) < 4.78 is 5.92. The summed E-state index contributed by atoms with van der Waals surface area (Å²) in [5.41, 5.74) is 7.68. The van der Waals surface area contributed by atoms with E-state index < -0.39 is 0 Å². The topological polar surface area (TPSA) is 75.9 Å². The molecule has 0 aliphatic carbocycles. The molecule has 6 nitrogen and oxygen atoms in total. The van der Waals surface area contributed by atoms with Crippen molar-refractivity contribution in [3.05, 3.63) is 35.4 Å². The number of likely N-dealkylation sites (tertiary alicyclic amines) is 2. The summed E-state index contributed by atoms with van der Waals surface area (Å²) in [7, 11) is 0. The van der Waals surface area contributed by atoms with E-state index in [-0.39, 0.29) is 30.4 Å². The Balaban J connectivity index is 1.42. The average molecular weight is 345 g/mol. The first-order valence-electron chi connectivity index (χ1n) is 8.98. The fourth-order valence-corrected chi connectivity index (χ4v) is 3.58. The Labute approximate surface area is 148 Å². The number of carbonyl (C=O) groups is 2. The fourth-order valence-electron chi connectivity index (χ4n) is 3.58. The lowest BCUT2D eigenvalue weighted by molar-refractivity contribution is -0.152. The quantitative estimate of drug-likeness (QED) is 0.832. The van der Waals surface area contributed by atoms with E-state index in [1.165, 1.54) is 11.1 Å². The lowest BCUT2D eigenvalue weighted by atomic mass is 9.95. The molecular weight excluding hydrogens is 318 g/mol. The van der Waals surface area contributed by atoms with Crippen molar-refractivity contribution in [2.45, 2.75) is 32.5 Å². The summed E-state index contributed by atoms with van der Waals surface area (Å²) >= 11 is 0. The minimum Gasteiger partial charge on any atom is -0.370 e. The van der Waals surface area contributed by atoms with E-state index in [4.69, 9.17) is 10.5 Å². The fraction of sp³-hybridized carbons (Fsp3) is 0.579. The molecule has 1 aromatic carbocycles. The highest BCUT2D eigenvalue weighted by Crippen LogP contribution is 2.23. The summed E-state index contributed by atoms with van der Waals surface area (Å²) in [6, 6.07) is 8.19. The van der Waals surface area contributed by atoms with E-state index in [0.717, 1.165) is 19.4 Å². The van der Waals surface area contributed by atoms with Crippen LogP contribution in [0.5, 0.6) is 0 Å². The highest BCUT2D eigenvalue weighted by atomic mass is 16.5. The van der Waals surface area contributed by atoms with Gasteiger partial charge in [0.1, 0.15) is 0 Å². The van der Waals surface area contributed by atoms with Crippen LogP contribution in [0.25, 0.3) is 0 Å². The molecular formula is C19H27N3O3. The zero-order valence-electron chi connectivity index (χ0n) is 14.8. The molecule has 136 valence electrons. The highest BCUT2D eigenvalue weighted by molar-refractivity contribution is 5.80. The first-order valence-corrected chi connectivity index (χ1v) is 8.98. The number of primary amides is 1. The molecule has 3 rings (SSSR count). The number of rotatable bonds is 6. The maximum Gasteiger partial charge on any atom is 0.231 e. The predicted molar refractivity (Wildman–Crippen MR) is 94.7 cm³/mol. The number of amides is 2. The van der Waals surface area contributed by atoms with Crippen LogP contribution in [0.1, 0.15) is 24.0 Å². The number of aryl methyl sites for hydroxylation is 1. The molecule has 0 bridgehead atoms. The molecule has 1 atom stereocenters. The van der Waals surface area contributed by atoms with Gasteiger partial charge in [0.05, 0.1) is 25.2 Å². The molecule has 0 spiro atoms. The minimum atomic E-state index is -0.332. The van der Waals surface area contributed by atoms with Gasteiger partial charge in [-0.25, -0.2) is 0 Å². The van der Waals surface area contributed by atoms with E-state index in [9.17, 15) is 9.59 Å². The second-order valence-electron chi connectivity index (χ2n) is 7.14. The molecule has 2 aliphatic rings. The Kier molecular flexibility index (Phi) is 5.71. The van der Waals surface area contributed by atoms with Crippen molar-refractivity contribution < 1.29 is 14.3 Å². The van der Waals surface area contributed by atoms with Gasteiger partial charge in [-0.2, -0.15) is 0 Å². The zero-order chi connectivity index (χ0) is 17.8. The van der Waals surface area contributed by atoms with Gasteiger partial charge in [-0.05, 0) is 37.4 Å². The van der Waals surface area contributed by atoms with Gasteiger partial charge in [0.25, 0.3) is 0 Å². The van der Waals surface area contributed by atoms with Gasteiger partial charge >= 0.3 is 0 Å². The van der Waals surface area contributed by atoms with E-state index in [0.29, 0.717) is 26.2 Å². The molecule has 25 heavy (non-hydrogen) atoms. The third-order valence-electron chi connectivity index (χ3n) is 5.13. The van der Waals surface area contributed by atoms with Gasteiger partial charge in [0.2, 0.25) is 11.8 Å². The molecule has 1 unspecified atom stereocenters. The number of nitrogens with zero attached hydrogens (tertiary/aromatic N) is 2. The Hall–Kier alpha value is -1.92. The Morgan fingerprint density at radius 3 is 2.72 bits per heavy atom. The Morgan fingerprint density at radius 1 is 1.24 bits per heavy atom. The van der Waals surface area contributed by atoms with Crippen molar-refractivity contribution in [1.29, 1.82) is 0 Å². The monoisotopic (exact) mass is 345 g/mol. The smallest absolute Gasteiger partial charge is 0.231 e. The number of benzene rings is 1. The van der Waals surface area contributed by atoms with Gasteiger partial charge < -0.3 is 15.4 Å². The second kappa shape index (κ2) is 7.97. The molecule has 6 heteroatoms. The standard InChI is InChI=1S/C19H27N3O3/c1-14-5-2-3-6-16(14)13-25-17-10-22(11-17)19(24)15-7-4-8-21(9-15)12-18(20)23/h2-3,5-6,15,17H,4,7-13H2,1H3,(H2,20,23). The number of nitrogens with two attached hydrogens (primary N) is 1. The molecule has 0 aromatic heterocycles. The Bertz CT molecular complexity index is 628. The van der Waals surface area contributed by atoms with Crippen LogP contribution in [0, 0.1) is 12.8 Å². The zero-order valence-corrected chi connectivity index (χ0v) is 14.8. The van der Waals surface area contributed by atoms with Crippen molar-refractivity contribution >= 4 is 11.8 Å². The van der Waals surface area contributed by atoms with Crippen LogP contribution in [-0.2, 0) is 20.9 Å². The normalized spacial score (nSPS) is 21.8. The van der Waals surface area contributed by atoms with Crippen LogP contribution < -0.4 is 5.73 Å². The summed E-state index contributed by atoms with van der Waals surface area (Å²) in [4.78, 5) is 27.5. The highest BCUT2D eigenvalue weighted by Gasteiger charge is 2.36. The van der Waals surface area contributed by atoms with Crippen LogP contribution in [0.4, 0.5) is 0 Å². The average Bonchev–Trinajstić information content (AvgIpc) is 2.54. The van der Waals surface area contributed by atoms with E-state index >= 15 is 0 Å². The number of piperidine rings is 1. The number of hydrogen-bond acceptors (Lipinski definition) is 4. The van der Waals surface area contributed by atoms with Crippen molar-refractivity contribution in [3.63, 3.8) is 0 Å². The van der Waals surface area contributed by atoms with E-state index in [1.807, 2.05) is 21.9 Å². The minimum absolute atomic E-state index is 0.0228. The lowest BCUT2D eigenvalue weighted by Gasteiger charge is -2.42. The molecule has 0 radical (unpaired) electrons. The van der Waals surface area contributed by atoms with Crippen LogP contribution in [0.3, 0.4) is 0 Å². The molecule has 2 aliphatic heterocycles. The number of hydrogen-bond donors (Lipinski definition) is 1. The van der Waals surface area contributed by atoms with E-state index in [1.54, 1.807) is 0 Å². The predicted octanol–water partition coefficient (Wildman–Crippen LogP) is 0.920. The molecule has 0 saturated carbocycles. The molecule has 2 saturated heterocycles. The molecule has 1 aromatic rings. The Morgan fingerprint density at radius 2 is 2.00 bits per heavy atom. The van der Waals surface area contributed by atoms with Gasteiger partial charge in [-0.15, -0.1) is 0 Å². The third-order valence-corrected chi connectivity index (χ3v) is 5.13. The van der Waals surface area contributed by atoms with Crippen molar-refractivity contribution in [2.75, 3.05) is 32.7 Å². The number of carbonyl (C=O) groups excluding carboxylic acids is 2. The number of ether oxygens (including phenoxy) is 1. The molecule has 2 amide bonds. The van der Waals surface area contributed by atoms with Gasteiger partial charge in [-0.1, -0.05) is 24.3 Å². The second-order valence-corrected chi connectivity index (χ2v) is 7.14. The summed E-state index contributed by atoms with van der Waals surface area (Å²) in [6.07, 6.45) is 1.94. The molecule has 2 fully saturated rings. The van der Waals surface area contributed by atoms with Crippen LogP contribution in [-0.4, -0.2) is 60.4 Å².